The third-order valence-electron chi connectivity index (χ3n) is 4.30. The van der Waals surface area contributed by atoms with Gasteiger partial charge >= 0.3 is 0 Å². The van der Waals surface area contributed by atoms with Crippen LogP contribution in [-0.2, 0) is 23.0 Å². The number of sulfonamides is 1. The molecule has 0 bridgehead atoms. The summed E-state index contributed by atoms with van der Waals surface area (Å²) in [6.07, 6.45) is 1.50. The molecule has 28 heavy (non-hydrogen) atoms. The number of benzene rings is 1. The number of rotatable bonds is 7. The molecular weight excluding hydrogens is 426 g/mol. The van der Waals surface area contributed by atoms with E-state index in [4.69, 9.17) is 17.3 Å². The van der Waals surface area contributed by atoms with Gasteiger partial charge in [0.2, 0.25) is 10.0 Å². The second kappa shape index (κ2) is 9.84. The van der Waals surface area contributed by atoms with Gasteiger partial charge in [0, 0.05) is 38.3 Å². The van der Waals surface area contributed by atoms with Crippen LogP contribution in [0.15, 0.2) is 35.0 Å². The molecule has 10 heteroatoms. The molecule has 0 aliphatic heterocycles. The summed E-state index contributed by atoms with van der Waals surface area (Å²) in [7, 11) is -0.699. The standard InChI is InChI=1S/C18H24ClFN4O2S.ClH/c1-12-16(10-15(20)7-8-21)13(2)24(22-12)11-14-5-6-18(17(19)9-14)27(25,26)23(3)4;/h5-7,9H,8,10-11,21H2,1-4H3;1H. The molecular formula is C18H25Cl2FN4O2S. The largest absolute Gasteiger partial charge is 0.327 e. The van der Waals surface area contributed by atoms with Crippen LogP contribution in [0.4, 0.5) is 4.39 Å². The molecule has 0 aliphatic carbocycles. The fourth-order valence-corrected chi connectivity index (χ4v) is 4.17. The van der Waals surface area contributed by atoms with Gasteiger partial charge in [-0.25, -0.2) is 17.1 Å². The molecule has 2 rings (SSSR count). The van der Waals surface area contributed by atoms with Crippen molar-refractivity contribution in [1.29, 1.82) is 0 Å². The Morgan fingerprint density at radius 2 is 2.00 bits per heavy atom. The summed E-state index contributed by atoms with van der Waals surface area (Å²) in [5, 5.41) is 4.62. The molecule has 0 unspecified atom stereocenters. The highest BCUT2D eigenvalue weighted by Gasteiger charge is 2.21. The maximum Gasteiger partial charge on any atom is 0.244 e. The lowest BCUT2D eigenvalue weighted by molar-refractivity contribution is 0.520. The number of nitrogens with two attached hydrogens (primary N) is 1. The first kappa shape index (κ1) is 24.6. The quantitative estimate of drug-likeness (QED) is 0.701. The molecule has 0 fully saturated rings. The highest BCUT2D eigenvalue weighted by molar-refractivity contribution is 7.89. The van der Waals surface area contributed by atoms with E-state index in [1.54, 1.807) is 16.8 Å². The van der Waals surface area contributed by atoms with Crippen LogP contribution in [0.2, 0.25) is 5.02 Å². The molecule has 0 spiro atoms. The monoisotopic (exact) mass is 450 g/mol. The molecule has 0 saturated heterocycles. The second-order valence-corrected chi connectivity index (χ2v) is 8.95. The van der Waals surface area contributed by atoms with Gasteiger partial charge in [-0.15, -0.1) is 12.4 Å². The van der Waals surface area contributed by atoms with Crippen molar-refractivity contribution in [1.82, 2.24) is 14.1 Å². The summed E-state index contributed by atoms with van der Waals surface area (Å²) in [6.45, 7) is 4.25. The summed E-state index contributed by atoms with van der Waals surface area (Å²) in [5.74, 6) is -0.287. The van der Waals surface area contributed by atoms with Crippen LogP contribution in [0.3, 0.4) is 0 Å². The molecule has 0 saturated carbocycles. The number of allylic oxidation sites excluding steroid dienone is 1. The zero-order valence-corrected chi connectivity index (χ0v) is 18.6. The summed E-state index contributed by atoms with van der Waals surface area (Å²) >= 11 is 6.20. The number of nitrogens with zero attached hydrogens (tertiary/aromatic N) is 3. The van der Waals surface area contributed by atoms with Crippen LogP contribution in [0, 0.1) is 13.8 Å². The van der Waals surface area contributed by atoms with Crippen molar-refractivity contribution < 1.29 is 12.8 Å². The maximum atomic E-state index is 13.8. The van der Waals surface area contributed by atoms with Gasteiger partial charge in [0.15, 0.2) is 0 Å². The zero-order chi connectivity index (χ0) is 20.4. The molecule has 0 atom stereocenters. The normalized spacial score (nSPS) is 12.4. The van der Waals surface area contributed by atoms with E-state index in [0.717, 1.165) is 26.8 Å². The predicted octanol–water partition coefficient (Wildman–Crippen LogP) is 3.23. The molecule has 156 valence electrons. The molecule has 0 aliphatic rings. The van der Waals surface area contributed by atoms with Crippen LogP contribution in [0.25, 0.3) is 0 Å². The van der Waals surface area contributed by atoms with Crippen molar-refractivity contribution in [3.63, 3.8) is 0 Å². The third-order valence-corrected chi connectivity index (χ3v) is 6.60. The minimum absolute atomic E-state index is 0. The van der Waals surface area contributed by atoms with Crippen molar-refractivity contribution >= 4 is 34.0 Å². The first-order valence-electron chi connectivity index (χ1n) is 8.36. The van der Waals surface area contributed by atoms with E-state index in [1.165, 1.54) is 26.2 Å². The number of hydrogen-bond acceptors (Lipinski definition) is 4. The Bertz CT molecular complexity index is 972. The van der Waals surface area contributed by atoms with Gasteiger partial charge in [-0.3, -0.25) is 4.68 Å². The van der Waals surface area contributed by atoms with E-state index in [-0.39, 0.29) is 41.1 Å². The Morgan fingerprint density at radius 1 is 1.36 bits per heavy atom. The van der Waals surface area contributed by atoms with Gasteiger partial charge in [0.25, 0.3) is 0 Å². The molecule has 2 N–H and O–H groups in total. The Kier molecular flexibility index (Phi) is 8.64. The summed E-state index contributed by atoms with van der Waals surface area (Å²) < 4.78 is 41.2. The van der Waals surface area contributed by atoms with Gasteiger partial charge in [-0.1, -0.05) is 17.7 Å². The lowest BCUT2D eigenvalue weighted by atomic mass is 10.1. The lowest BCUT2D eigenvalue weighted by Gasteiger charge is -2.14. The molecule has 6 nitrogen and oxygen atoms in total. The highest BCUT2D eigenvalue weighted by atomic mass is 35.5. The van der Waals surface area contributed by atoms with Crippen molar-refractivity contribution in [2.45, 2.75) is 31.7 Å². The van der Waals surface area contributed by atoms with Gasteiger partial charge in [-0.05, 0) is 37.6 Å². The second-order valence-electron chi connectivity index (χ2n) is 6.42. The van der Waals surface area contributed by atoms with Crippen molar-refractivity contribution in [2.75, 3.05) is 20.6 Å². The minimum Gasteiger partial charge on any atom is -0.327 e. The number of aryl methyl sites for hydroxylation is 1. The molecule has 1 heterocycles. The molecule has 1 aromatic carbocycles. The smallest absolute Gasteiger partial charge is 0.244 e. The Balaban J connectivity index is 0.00000392. The van der Waals surface area contributed by atoms with Crippen LogP contribution in [0.5, 0.6) is 0 Å². The number of aromatic nitrogens is 2. The molecule has 0 amide bonds. The highest BCUT2D eigenvalue weighted by Crippen LogP contribution is 2.26. The fraction of sp³-hybridized carbons (Fsp3) is 0.389. The Labute approximate surface area is 176 Å². The third kappa shape index (κ3) is 5.33. The summed E-state index contributed by atoms with van der Waals surface area (Å²) in [6, 6.07) is 4.81. The molecule has 0 radical (unpaired) electrons. The van der Waals surface area contributed by atoms with Crippen LogP contribution in [0.1, 0.15) is 22.5 Å². The van der Waals surface area contributed by atoms with E-state index < -0.39 is 10.0 Å². The topological polar surface area (TPSA) is 81.2 Å². The Hall–Kier alpha value is -1.45. The van der Waals surface area contributed by atoms with Crippen molar-refractivity contribution in [3.8, 4) is 0 Å². The SMILES string of the molecule is Cc1nn(Cc2ccc(S(=O)(=O)N(C)C)c(Cl)c2)c(C)c1CC(F)=CCN.Cl. The first-order chi connectivity index (χ1) is 12.6. The zero-order valence-electron chi connectivity index (χ0n) is 16.2. The van der Waals surface area contributed by atoms with Crippen LogP contribution in [-0.4, -0.2) is 43.1 Å². The van der Waals surface area contributed by atoms with Crippen LogP contribution >= 0.6 is 24.0 Å². The van der Waals surface area contributed by atoms with Gasteiger partial charge < -0.3 is 5.73 Å². The summed E-state index contributed by atoms with van der Waals surface area (Å²) in [4.78, 5) is 0.0565. The number of hydrogen-bond donors (Lipinski definition) is 1. The molecule has 2 aromatic rings. The van der Waals surface area contributed by atoms with E-state index in [0.29, 0.717) is 6.54 Å². The summed E-state index contributed by atoms with van der Waals surface area (Å²) in [5.41, 5.74) is 8.54. The van der Waals surface area contributed by atoms with Crippen LogP contribution < -0.4 is 5.73 Å². The minimum atomic E-state index is -3.61. The average Bonchev–Trinajstić information content (AvgIpc) is 2.82. The van der Waals surface area contributed by atoms with Gasteiger partial charge in [-0.2, -0.15) is 5.10 Å². The van der Waals surface area contributed by atoms with E-state index in [9.17, 15) is 12.8 Å². The van der Waals surface area contributed by atoms with E-state index >= 15 is 0 Å². The van der Waals surface area contributed by atoms with Gasteiger partial charge in [0.1, 0.15) is 10.7 Å². The first-order valence-corrected chi connectivity index (χ1v) is 10.2. The lowest BCUT2D eigenvalue weighted by Crippen LogP contribution is -2.22. The predicted molar refractivity (Wildman–Crippen MR) is 112 cm³/mol. The van der Waals surface area contributed by atoms with Gasteiger partial charge in [0.05, 0.1) is 17.3 Å². The molecule has 1 aromatic heterocycles. The Morgan fingerprint density at radius 3 is 2.54 bits per heavy atom. The fourth-order valence-electron chi connectivity index (χ4n) is 2.73. The maximum absolute atomic E-state index is 13.8. The average molecular weight is 451 g/mol. The number of halogens is 3. The van der Waals surface area contributed by atoms with Crippen molar-refractivity contribution in [3.05, 3.63) is 57.6 Å². The van der Waals surface area contributed by atoms with E-state index in [2.05, 4.69) is 5.10 Å². The van der Waals surface area contributed by atoms with E-state index in [1.807, 2.05) is 13.8 Å². The van der Waals surface area contributed by atoms with Crippen molar-refractivity contribution in [2.24, 2.45) is 5.73 Å².